The summed E-state index contributed by atoms with van der Waals surface area (Å²) >= 11 is 0. The first kappa shape index (κ1) is 14.2. The Morgan fingerprint density at radius 1 is 1.14 bits per heavy atom. The highest BCUT2D eigenvalue weighted by Crippen LogP contribution is 2.36. The van der Waals surface area contributed by atoms with Crippen molar-refractivity contribution in [1.29, 1.82) is 0 Å². The zero-order chi connectivity index (χ0) is 14.9. The fourth-order valence-corrected chi connectivity index (χ4v) is 3.59. The lowest BCUT2D eigenvalue weighted by Gasteiger charge is -2.41. The minimum Gasteiger partial charge on any atom is -0.297 e. The Bertz CT molecular complexity index is 652. The van der Waals surface area contributed by atoms with Gasteiger partial charge in [0.25, 0.3) is 0 Å². The van der Waals surface area contributed by atoms with Crippen molar-refractivity contribution in [3.05, 3.63) is 42.2 Å². The number of nitrogens with zero attached hydrogens (tertiary/aromatic N) is 2. The number of likely N-dealkylation sites (N-methyl/N-ethyl adjacent to an activating group) is 1. The Labute approximate surface area is 126 Å². The van der Waals surface area contributed by atoms with E-state index in [0.717, 1.165) is 42.0 Å². The molecule has 3 nitrogen and oxygen atoms in total. The standard InChI is InChI=1S/C18H22N2O/c1-20(2)18(10-4-3-5-11-18)17(21)16-8-6-7-14-13-19-12-9-15(14)16/h6-9,12-13H,3-5,10-11H2,1-2H3. The second-order valence-corrected chi connectivity index (χ2v) is 6.22. The topological polar surface area (TPSA) is 33.2 Å². The van der Waals surface area contributed by atoms with Gasteiger partial charge in [-0.15, -0.1) is 0 Å². The van der Waals surface area contributed by atoms with Crippen LogP contribution in [0.5, 0.6) is 0 Å². The Morgan fingerprint density at radius 3 is 2.62 bits per heavy atom. The molecule has 21 heavy (non-hydrogen) atoms. The van der Waals surface area contributed by atoms with Gasteiger partial charge in [-0.05, 0) is 38.4 Å². The SMILES string of the molecule is CN(C)C1(C(=O)c2cccc3cnccc23)CCCCC1. The van der Waals surface area contributed by atoms with E-state index in [1.807, 2.05) is 44.6 Å². The van der Waals surface area contributed by atoms with Gasteiger partial charge in [-0.2, -0.15) is 0 Å². The maximum Gasteiger partial charge on any atom is 0.183 e. The monoisotopic (exact) mass is 282 g/mol. The molecule has 1 heterocycles. The third kappa shape index (κ3) is 2.36. The van der Waals surface area contributed by atoms with Gasteiger partial charge in [0.05, 0.1) is 5.54 Å². The number of carbonyl (C=O) groups excluding carboxylic acids is 1. The summed E-state index contributed by atoms with van der Waals surface area (Å²) in [5.41, 5.74) is 0.501. The van der Waals surface area contributed by atoms with Crippen molar-refractivity contribution in [2.45, 2.75) is 37.6 Å². The minimum atomic E-state index is -0.337. The van der Waals surface area contributed by atoms with E-state index in [1.54, 1.807) is 6.20 Å². The molecular formula is C18H22N2O. The number of aromatic nitrogens is 1. The molecule has 0 aliphatic heterocycles. The van der Waals surface area contributed by atoms with E-state index in [2.05, 4.69) is 9.88 Å². The molecule has 1 saturated carbocycles. The molecule has 0 bridgehead atoms. The summed E-state index contributed by atoms with van der Waals surface area (Å²) in [6, 6.07) is 7.89. The summed E-state index contributed by atoms with van der Waals surface area (Å²) in [7, 11) is 4.08. The zero-order valence-corrected chi connectivity index (χ0v) is 12.8. The number of fused-ring (bicyclic) bond motifs is 1. The molecule has 110 valence electrons. The van der Waals surface area contributed by atoms with E-state index in [1.165, 1.54) is 6.42 Å². The second kappa shape index (κ2) is 5.57. The Kier molecular flexibility index (Phi) is 3.77. The molecule has 2 aromatic rings. The van der Waals surface area contributed by atoms with Crippen LogP contribution in [0.4, 0.5) is 0 Å². The van der Waals surface area contributed by atoms with Crippen molar-refractivity contribution in [2.75, 3.05) is 14.1 Å². The number of carbonyl (C=O) groups is 1. The molecular weight excluding hydrogens is 260 g/mol. The Balaban J connectivity index is 2.10. The summed E-state index contributed by atoms with van der Waals surface area (Å²) in [5.74, 6) is 0.268. The lowest BCUT2D eigenvalue weighted by molar-refractivity contribution is 0.0566. The van der Waals surface area contributed by atoms with Crippen molar-refractivity contribution < 1.29 is 4.79 Å². The van der Waals surface area contributed by atoms with Gasteiger partial charge >= 0.3 is 0 Å². The average Bonchev–Trinajstić information content (AvgIpc) is 2.54. The Hall–Kier alpha value is -1.74. The summed E-state index contributed by atoms with van der Waals surface area (Å²) in [6.45, 7) is 0. The van der Waals surface area contributed by atoms with Crippen LogP contribution < -0.4 is 0 Å². The highest BCUT2D eigenvalue weighted by molar-refractivity contribution is 6.12. The number of hydrogen-bond donors (Lipinski definition) is 0. The molecule has 0 radical (unpaired) electrons. The maximum absolute atomic E-state index is 13.3. The molecule has 3 rings (SSSR count). The van der Waals surface area contributed by atoms with Crippen molar-refractivity contribution in [1.82, 2.24) is 9.88 Å². The average molecular weight is 282 g/mol. The number of rotatable bonds is 3. The molecule has 0 atom stereocenters. The first-order chi connectivity index (χ1) is 10.1. The molecule has 0 amide bonds. The molecule has 0 unspecified atom stereocenters. The molecule has 0 saturated heterocycles. The first-order valence-corrected chi connectivity index (χ1v) is 7.70. The zero-order valence-electron chi connectivity index (χ0n) is 12.8. The van der Waals surface area contributed by atoms with Crippen LogP contribution in [0.2, 0.25) is 0 Å². The normalized spacial score (nSPS) is 18.0. The van der Waals surface area contributed by atoms with Gasteiger partial charge < -0.3 is 0 Å². The van der Waals surface area contributed by atoms with Gasteiger partial charge in [0.1, 0.15) is 0 Å². The van der Waals surface area contributed by atoms with E-state index >= 15 is 0 Å². The van der Waals surface area contributed by atoms with Gasteiger partial charge in [-0.3, -0.25) is 14.7 Å². The third-order valence-electron chi connectivity index (χ3n) is 4.88. The number of Topliss-reactive ketones (excluding diaryl/α,β-unsaturated/α-hetero) is 1. The highest BCUT2D eigenvalue weighted by atomic mass is 16.1. The molecule has 1 aliphatic carbocycles. The van der Waals surface area contributed by atoms with Crippen LogP contribution >= 0.6 is 0 Å². The van der Waals surface area contributed by atoms with Crippen LogP contribution in [0.1, 0.15) is 42.5 Å². The molecule has 1 aromatic carbocycles. The van der Waals surface area contributed by atoms with E-state index in [0.29, 0.717) is 0 Å². The van der Waals surface area contributed by atoms with E-state index in [9.17, 15) is 4.79 Å². The Morgan fingerprint density at radius 2 is 1.90 bits per heavy atom. The lowest BCUT2D eigenvalue weighted by Crippen LogP contribution is -2.52. The van der Waals surface area contributed by atoms with Gasteiger partial charge in [-0.1, -0.05) is 37.5 Å². The van der Waals surface area contributed by atoms with Crippen molar-refractivity contribution in [3.8, 4) is 0 Å². The summed E-state index contributed by atoms with van der Waals surface area (Å²) in [4.78, 5) is 19.6. The smallest absolute Gasteiger partial charge is 0.183 e. The fraction of sp³-hybridized carbons (Fsp3) is 0.444. The van der Waals surface area contributed by atoms with Gasteiger partial charge in [-0.25, -0.2) is 0 Å². The van der Waals surface area contributed by atoms with E-state index in [-0.39, 0.29) is 11.3 Å². The summed E-state index contributed by atoms with van der Waals surface area (Å²) < 4.78 is 0. The predicted molar refractivity (Wildman–Crippen MR) is 85.6 cm³/mol. The quantitative estimate of drug-likeness (QED) is 0.805. The van der Waals surface area contributed by atoms with Crippen LogP contribution in [0, 0.1) is 0 Å². The predicted octanol–water partition coefficient (Wildman–Crippen LogP) is 3.68. The van der Waals surface area contributed by atoms with Crippen molar-refractivity contribution in [2.24, 2.45) is 0 Å². The van der Waals surface area contributed by atoms with Gasteiger partial charge in [0.2, 0.25) is 0 Å². The number of benzene rings is 1. The van der Waals surface area contributed by atoms with Crippen LogP contribution in [0.3, 0.4) is 0 Å². The maximum atomic E-state index is 13.3. The summed E-state index contributed by atoms with van der Waals surface area (Å²) in [6.07, 6.45) is 9.02. The highest BCUT2D eigenvalue weighted by Gasteiger charge is 2.42. The molecule has 0 spiro atoms. The van der Waals surface area contributed by atoms with Crippen LogP contribution in [-0.4, -0.2) is 35.3 Å². The number of ketones is 1. The van der Waals surface area contributed by atoms with Crippen molar-refractivity contribution in [3.63, 3.8) is 0 Å². The van der Waals surface area contributed by atoms with Gasteiger partial charge in [0, 0.05) is 23.3 Å². The van der Waals surface area contributed by atoms with Crippen LogP contribution in [0.25, 0.3) is 10.8 Å². The summed E-state index contributed by atoms with van der Waals surface area (Å²) in [5, 5.41) is 2.05. The number of hydrogen-bond acceptors (Lipinski definition) is 3. The minimum absolute atomic E-state index is 0.268. The number of pyridine rings is 1. The first-order valence-electron chi connectivity index (χ1n) is 7.70. The molecule has 1 aliphatic rings. The fourth-order valence-electron chi connectivity index (χ4n) is 3.59. The van der Waals surface area contributed by atoms with E-state index < -0.39 is 0 Å². The molecule has 3 heteroatoms. The van der Waals surface area contributed by atoms with Crippen molar-refractivity contribution >= 4 is 16.6 Å². The lowest BCUT2D eigenvalue weighted by atomic mass is 9.75. The van der Waals surface area contributed by atoms with Crippen LogP contribution in [-0.2, 0) is 0 Å². The van der Waals surface area contributed by atoms with E-state index in [4.69, 9.17) is 0 Å². The molecule has 1 aromatic heterocycles. The third-order valence-corrected chi connectivity index (χ3v) is 4.88. The molecule has 0 N–H and O–H groups in total. The van der Waals surface area contributed by atoms with Gasteiger partial charge in [0.15, 0.2) is 5.78 Å². The van der Waals surface area contributed by atoms with Crippen LogP contribution in [0.15, 0.2) is 36.7 Å². The molecule has 1 fully saturated rings. The second-order valence-electron chi connectivity index (χ2n) is 6.22. The largest absolute Gasteiger partial charge is 0.297 e.